The van der Waals surface area contributed by atoms with Crippen LogP contribution in [-0.2, 0) is 19.0 Å². The third-order valence-corrected chi connectivity index (χ3v) is 3.67. The molecule has 2 atom stereocenters. The van der Waals surface area contributed by atoms with E-state index in [9.17, 15) is 4.79 Å². The van der Waals surface area contributed by atoms with Gasteiger partial charge in [-0.2, -0.15) is 0 Å². The molecule has 1 aliphatic rings. The van der Waals surface area contributed by atoms with Gasteiger partial charge in [-0.25, -0.2) is 4.79 Å². The van der Waals surface area contributed by atoms with Crippen molar-refractivity contribution >= 4 is 5.97 Å². The minimum Gasteiger partial charge on any atom is -0.465 e. The predicted octanol–water partition coefficient (Wildman–Crippen LogP) is 1.36. The van der Waals surface area contributed by atoms with Crippen LogP contribution in [0.5, 0.6) is 0 Å². The molecule has 5 nitrogen and oxygen atoms in total. The molecule has 0 radical (unpaired) electrons. The first kappa shape index (κ1) is 16.4. The third-order valence-electron chi connectivity index (χ3n) is 3.67. The highest BCUT2D eigenvalue weighted by Crippen LogP contribution is 2.21. The van der Waals surface area contributed by atoms with Crippen LogP contribution in [0.3, 0.4) is 0 Å². The first-order valence-corrected chi connectivity index (χ1v) is 7.09. The molecule has 1 heterocycles. The minimum atomic E-state index is -0.795. The summed E-state index contributed by atoms with van der Waals surface area (Å²) in [5.74, 6) is -0.169. The lowest BCUT2D eigenvalue weighted by atomic mass is 9.86. The summed E-state index contributed by atoms with van der Waals surface area (Å²) < 4.78 is 16.1. The Labute approximate surface area is 116 Å². The largest absolute Gasteiger partial charge is 0.465 e. The van der Waals surface area contributed by atoms with E-state index >= 15 is 0 Å². The zero-order valence-corrected chi connectivity index (χ0v) is 12.5. The summed E-state index contributed by atoms with van der Waals surface area (Å²) in [5, 5.41) is 3.34. The van der Waals surface area contributed by atoms with Crippen molar-refractivity contribution in [2.45, 2.75) is 45.3 Å². The van der Waals surface area contributed by atoms with Gasteiger partial charge in [-0.05, 0) is 25.7 Å². The molecule has 1 fully saturated rings. The van der Waals surface area contributed by atoms with Gasteiger partial charge in [-0.15, -0.1) is 0 Å². The maximum absolute atomic E-state index is 12.3. The Hall–Kier alpha value is -0.650. The van der Waals surface area contributed by atoms with Gasteiger partial charge >= 0.3 is 5.97 Å². The van der Waals surface area contributed by atoms with Crippen molar-refractivity contribution in [3.63, 3.8) is 0 Å². The molecule has 0 aromatic carbocycles. The molecule has 1 aliphatic heterocycles. The number of carbonyl (C=O) groups is 1. The quantitative estimate of drug-likeness (QED) is 0.677. The summed E-state index contributed by atoms with van der Waals surface area (Å²) in [7, 11) is 1.60. The standard InChI is InChI=1S/C14H27NO4/c1-5-18-13(16)14(10-17-4,11(2)3)15-9-12-7-6-8-19-12/h11-12,15H,5-10H2,1-4H3. The third kappa shape index (κ3) is 4.16. The van der Waals surface area contributed by atoms with E-state index in [-0.39, 0.29) is 18.0 Å². The number of nitrogens with one attached hydrogen (secondary N) is 1. The van der Waals surface area contributed by atoms with Crippen molar-refractivity contribution in [1.82, 2.24) is 5.32 Å². The van der Waals surface area contributed by atoms with Crippen LogP contribution in [0.2, 0.25) is 0 Å². The Bertz CT molecular complexity index is 277. The Balaban J connectivity index is 2.72. The fraction of sp³-hybridized carbons (Fsp3) is 0.929. The van der Waals surface area contributed by atoms with Gasteiger partial charge in [0.2, 0.25) is 0 Å². The number of methoxy groups -OCH3 is 1. The summed E-state index contributed by atoms with van der Waals surface area (Å²) in [4.78, 5) is 12.3. The molecule has 19 heavy (non-hydrogen) atoms. The molecule has 1 rings (SSSR count). The van der Waals surface area contributed by atoms with E-state index in [4.69, 9.17) is 14.2 Å². The first-order valence-electron chi connectivity index (χ1n) is 7.09. The van der Waals surface area contributed by atoms with Crippen LogP contribution < -0.4 is 5.32 Å². The maximum atomic E-state index is 12.3. The molecule has 1 saturated heterocycles. The Morgan fingerprint density at radius 2 is 2.26 bits per heavy atom. The fourth-order valence-corrected chi connectivity index (χ4v) is 2.38. The zero-order valence-electron chi connectivity index (χ0n) is 12.5. The molecule has 0 aromatic rings. The van der Waals surface area contributed by atoms with Crippen LogP contribution in [0.4, 0.5) is 0 Å². The molecular weight excluding hydrogens is 246 g/mol. The normalized spacial score (nSPS) is 22.5. The van der Waals surface area contributed by atoms with Gasteiger partial charge in [0.05, 0.1) is 19.3 Å². The van der Waals surface area contributed by atoms with Gasteiger partial charge < -0.3 is 14.2 Å². The summed E-state index contributed by atoms with van der Waals surface area (Å²) in [6.45, 7) is 7.95. The number of hydrogen-bond donors (Lipinski definition) is 1. The van der Waals surface area contributed by atoms with Crippen LogP contribution in [0, 0.1) is 5.92 Å². The monoisotopic (exact) mass is 273 g/mol. The van der Waals surface area contributed by atoms with Gasteiger partial charge in [-0.3, -0.25) is 5.32 Å². The van der Waals surface area contributed by atoms with Crippen molar-refractivity contribution in [3.8, 4) is 0 Å². The predicted molar refractivity (Wildman–Crippen MR) is 73.1 cm³/mol. The summed E-state index contributed by atoms with van der Waals surface area (Å²) in [6, 6.07) is 0. The molecule has 0 spiro atoms. The van der Waals surface area contributed by atoms with Gasteiger partial charge in [0.15, 0.2) is 0 Å². The molecule has 1 N–H and O–H groups in total. The lowest BCUT2D eigenvalue weighted by Crippen LogP contribution is -2.61. The fourth-order valence-electron chi connectivity index (χ4n) is 2.38. The number of carbonyl (C=O) groups excluding carboxylic acids is 1. The topological polar surface area (TPSA) is 56.8 Å². The molecule has 0 aromatic heterocycles. The Morgan fingerprint density at radius 1 is 1.53 bits per heavy atom. The van der Waals surface area contributed by atoms with E-state index in [1.54, 1.807) is 7.11 Å². The average molecular weight is 273 g/mol. The van der Waals surface area contributed by atoms with E-state index in [0.29, 0.717) is 19.8 Å². The molecule has 0 saturated carbocycles. The second kappa shape index (κ2) is 7.82. The van der Waals surface area contributed by atoms with Crippen molar-refractivity contribution in [2.75, 3.05) is 33.5 Å². The molecule has 0 bridgehead atoms. The molecule has 0 amide bonds. The molecular formula is C14H27NO4. The van der Waals surface area contributed by atoms with Crippen molar-refractivity contribution in [2.24, 2.45) is 5.92 Å². The highest BCUT2D eigenvalue weighted by atomic mass is 16.5. The highest BCUT2D eigenvalue weighted by Gasteiger charge is 2.43. The smallest absolute Gasteiger partial charge is 0.329 e. The Morgan fingerprint density at radius 3 is 2.74 bits per heavy atom. The lowest BCUT2D eigenvalue weighted by Gasteiger charge is -2.36. The van der Waals surface area contributed by atoms with E-state index in [2.05, 4.69) is 5.32 Å². The van der Waals surface area contributed by atoms with Crippen molar-refractivity contribution < 1.29 is 19.0 Å². The highest BCUT2D eigenvalue weighted by molar-refractivity contribution is 5.81. The van der Waals surface area contributed by atoms with Gasteiger partial charge in [0.1, 0.15) is 5.54 Å². The van der Waals surface area contributed by atoms with E-state index in [0.717, 1.165) is 19.4 Å². The average Bonchev–Trinajstić information content (AvgIpc) is 2.87. The van der Waals surface area contributed by atoms with E-state index in [1.807, 2.05) is 20.8 Å². The van der Waals surface area contributed by atoms with E-state index in [1.165, 1.54) is 0 Å². The number of hydrogen-bond acceptors (Lipinski definition) is 5. The molecule has 0 aliphatic carbocycles. The van der Waals surface area contributed by atoms with E-state index < -0.39 is 5.54 Å². The summed E-state index contributed by atoms with van der Waals surface area (Å²) >= 11 is 0. The van der Waals surface area contributed by atoms with Crippen LogP contribution >= 0.6 is 0 Å². The van der Waals surface area contributed by atoms with Crippen LogP contribution in [0.15, 0.2) is 0 Å². The minimum absolute atomic E-state index is 0.0768. The first-order chi connectivity index (χ1) is 9.06. The van der Waals surface area contributed by atoms with Gasteiger partial charge in [0.25, 0.3) is 0 Å². The number of esters is 1. The SMILES string of the molecule is CCOC(=O)C(COC)(NCC1CCCO1)C(C)C. The van der Waals surface area contributed by atoms with Gasteiger partial charge in [0, 0.05) is 20.3 Å². The summed E-state index contributed by atoms with van der Waals surface area (Å²) in [6.07, 6.45) is 2.31. The van der Waals surface area contributed by atoms with Crippen molar-refractivity contribution in [3.05, 3.63) is 0 Å². The van der Waals surface area contributed by atoms with Crippen LogP contribution in [-0.4, -0.2) is 51.1 Å². The molecule has 2 unspecified atom stereocenters. The lowest BCUT2D eigenvalue weighted by molar-refractivity contribution is -0.156. The second-order valence-electron chi connectivity index (χ2n) is 5.30. The zero-order chi connectivity index (χ0) is 14.3. The number of rotatable bonds is 8. The van der Waals surface area contributed by atoms with Gasteiger partial charge in [-0.1, -0.05) is 13.8 Å². The maximum Gasteiger partial charge on any atom is 0.329 e. The summed E-state index contributed by atoms with van der Waals surface area (Å²) in [5.41, 5.74) is -0.795. The molecule has 5 heteroatoms. The number of ether oxygens (including phenoxy) is 3. The van der Waals surface area contributed by atoms with Crippen LogP contribution in [0.1, 0.15) is 33.6 Å². The second-order valence-corrected chi connectivity index (χ2v) is 5.30. The van der Waals surface area contributed by atoms with Crippen LogP contribution in [0.25, 0.3) is 0 Å². The molecule has 112 valence electrons. The van der Waals surface area contributed by atoms with Crippen molar-refractivity contribution in [1.29, 1.82) is 0 Å². The Kier molecular flexibility index (Phi) is 6.75.